The first-order valence-electron chi connectivity index (χ1n) is 7.98. The van der Waals surface area contributed by atoms with Gasteiger partial charge in [-0.05, 0) is 24.3 Å². The molecule has 0 fully saturated rings. The number of hydrogen-bond donors (Lipinski definition) is 1. The minimum atomic E-state index is -3.72. The number of aromatic nitrogens is 3. The SMILES string of the molecule is COc1ccc(S(=O)(=O)NCCc2nnc(-c3ccncc3)o2)cc1OC. The molecular formula is C17H18N4O5S. The van der Waals surface area contributed by atoms with Crippen molar-refractivity contribution < 1.29 is 22.3 Å². The zero-order valence-corrected chi connectivity index (χ0v) is 15.6. The van der Waals surface area contributed by atoms with Crippen LogP contribution in [0.25, 0.3) is 11.5 Å². The van der Waals surface area contributed by atoms with Gasteiger partial charge in [0.1, 0.15) is 0 Å². The lowest BCUT2D eigenvalue weighted by Gasteiger charge is -2.10. The molecule has 0 bridgehead atoms. The highest BCUT2D eigenvalue weighted by Crippen LogP contribution is 2.29. The van der Waals surface area contributed by atoms with Crippen molar-refractivity contribution in [3.8, 4) is 23.0 Å². The lowest BCUT2D eigenvalue weighted by atomic mass is 10.3. The minimum Gasteiger partial charge on any atom is -0.493 e. The summed E-state index contributed by atoms with van der Waals surface area (Å²) in [5, 5.41) is 7.88. The summed E-state index contributed by atoms with van der Waals surface area (Å²) in [4.78, 5) is 4.00. The second-order valence-electron chi connectivity index (χ2n) is 5.40. The number of hydrogen-bond acceptors (Lipinski definition) is 8. The van der Waals surface area contributed by atoms with Gasteiger partial charge in [-0.1, -0.05) is 0 Å². The van der Waals surface area contributed by atoms with E-state index >= 15 is 0 Å². The van der Waals surface area contributed by atoms with Crippen LogP contribution in [0.4, 0.5) is 0 Å². The van der Waals surface area contributed by atoms with E-state index in [2.05, 4.69) is 19.9 Å². The first-order valence-corrected chi connectivity index (χ1v) is 9.46. The van der Waals surface area contributed by atoms with Gasteiger partial charge in [0.25, 0.3) is 0 Å². The summed E-state index contributed by atoms with van der Waals surface area (Å²) in [5.41, 5.74) is 0.745. The van der Waals surface area contributed by atoms with Crippen LogP contribution in [0.3, 0.4) is 0 Å². The molecule has 27 heavy (non-hydrogen) atoms. The zero-order valence-electron chi connectivity index (χ0n) is 14.7. The molecule has 3 rings (SSSR count). The fourth-order valence-corrected chi connectivity index (χ4v) is 3.37. The summed E-state index contributed by atoms with van der Waals surface area (Å²) in [6.07, 6.45) is 3.50. The van der Waals surface area contributed by atoms with Crippen molar-refractivity contribution in [2.24, 2.45) is 0 Å². The van der Waals surface area contributed by atoms with Crippen LogP contribution in [-0.4, -0.2) is 44.4 Å². The van der Waals surface area contributed by atoms with Gasteiger partial charge in [-0.3, -0.25) is 4.98 Å². The fourth-order valence-electron chi connectivity index (χ4n) is 2.33. The number of benzene rings is 1. The zero-order chi connectivity index (χ0) is 19.3. The molecule has 142 valence electrons. The maximum atomic E-state index is 12.4. The van der Waals surface area contributed by atoms with Gasteiger partial charge in [-0.25, -0.2) is 13.1 Å². The smallest absolute Gasteiger partial charge is 0.247 e. The van der Waals surface area contributed by atoms with Crippen molar-refractivity contribution in [3.05, 3.63) is 48.6 Å². The highest BCUT2D eigenvalue weighted by molar-refractivity contribution is 7.89. The average Bonchev–Trinajstić information content (AvgIpc) is 3.17. The van der Waals surface area contributed by atoms with E-state index in [4.69, 9.17) is 13.9 Å². The third kappa shape index (κ3) is 4.41. The molecule has 0 spiro atoms. The van der Waals surface area contributed by atoms with Gasteiger partial charge in [0, 0.05) is 37.0 Å². The van der Waals surface area contributed by atoms with E-state index in [1.54, 1.807) is 24.5 Å². The summed E-state index contributed by atoms with van der Waals surface area (Å²) in [7, 11) is -0.794. The Hall–Kier alpha value is -2.98. The molecule has 0 atom stereocenters. The molecule has 0 aliphatic rings. The molecule has 1 N–H and O–H groups in total. The lowest BCUT2D eigenvalue weighted by Crippen LogP contribution is -2.26. The topological polar surface area (TPSA) is 116 Å². The quantitative estimate of drug-likeness (QED) is 0.617. The number of sulfonamides is 1. The van der Waals surface area contributed by atoms with Crippen molar-refractivity contribution in [2.75, 3.05) is 20.8 Å². The van der Waals surface area contributed by atoms with Gasteiger partial charge < -0.3 is 13.9 Å². The largest absolute Gasteiger partial charge is 0.493 e. The van der Waals surface area contributed by atoms with Gasteiger partial charge in [0.15, 0.2) is 11.5 Å². The van der Waals surface area contributed by atoms with Crippen LogP contribution in [0.1, 0.15) is 5.89 Å². The Morgan fingerprint density at radius 3 is 2.48 bits per heavy atom. The summed E-state index contributed by atoms with van der Waals surface area (Å²) >= 11 is 0. The number of nitrogens with one attached hydrogen (secondary N) is 1. The number of nitrogens with zero attached hydrogens (tertiary/aromatic N) is 3. The van der Waals surface area contributed by atoms with Gasteiger partial charge in [0.05, 0.1) is 19.1 Å². The molecule has 2 heterocycles. The van der Waals surface area contributed by atoms with E-state index in [1.165, 1.54) is 32.4 Å². The summed E-state index contributed by atoms with van der Waals surface area (Å²) < 4.78 is 43.2. The molecule has 0 saturated carbocycles. The number of rotatable bonds is 8. The molecule has 0 radical (unpaired) electrons. The van der Waals surface area contributed by atoms with Crippen LogP contribution in [0.15, 0.2) is 52.0 Å². The van der Waals surface area contributed by atoms with E-state index in [0.717, 1.165) is 5.56 Å². The second kappa shape index (κ2) is 8.14. The van der Waals surface area contributed by atoms with E-state index in [0.29, 0.717) is 23.3 Å². The maximum absolute atomic E-state index is 12.4. The number of methoxy groups -OCH3 is 2. The molecule has 0 saturated heterocycles. The molecule has 0 aliphatic carbocycles. The van der Waals surface area contributed by atoms with Gasteiger partial charge in [0.2, 0.25) is 21.8 Å². The minimum absolute atomic E-state index is 0.0724. The van der Waals surface area contributed by atoms with E-state index in [9.17, 15) is 8.42 Å². The van der Waals surface area contributed by atoms with Crippen molar-refractivity contribution in [1.82, 2.24) is 19.9 Å². The van der Waals surface area contributed by atoms with Gasteiger partial charge in [-0.2, -0.15) is 0 Å². The monoisotopic (exact) mass is 390 g/mol. The third-order valence-corrected chi connectivity index (χ3v) is 5.15. The van der Waals surface area contributed by atoms with E-state index < -0.39 is 10.0 Å². The van der Waals surface area contributed by atoms with Crippen LogP contribution in [0, 0.1) is 0 Å². The molecule has 10 heteroatoms. The van der Waals surface area contributed by atoms with Crippen molar-refractivity contribution in [1.29, 1.82) is 0 Å². The van der Waals surface area contributed by atoms with Crippen molar-refractivity contribution >= 4 is 10.0 Å². The first kappa shape index (κ1) is 18.8. The van der Waals surface area contributed by atoms with Crippen LogP contribution in [0.5, 0.6) is 11.5 Å². The molecule has 0 amide bonds. The van der Waals surface area contributed by atoms with Crippen LogP contribution in [-0.2, 0) is 16.4 Å². The lowest BCUT2D eigenvalue weighted by molar-refractivity contribution is 0.354. The molecule has 0 aliphatic heterocycles. The first-order chi connectivity index (χ1) is 13.0. The third-order valence-electron chi connectivity index (χ3n) is 3.69. The Kier molecular flexibility index (Phi) is 5.67. The Balaban J connectivity index is 1.64. The normalized spacial score (nSPS) is 11.3. The predicted octanol–water partition coefficient (Wildman–Crippen LogP) is 1.67. The molecule has 3 aromatic rings. The van der Waals surface area contributed by atoms with Gasteiger partial charge >= 0.3 is 0 Å². The summed E-state index contributed by atoms with van der Waals surface area (Å²) in [5.74, 6) is 1.47. The summed E-state index contributed by atoms with van der Waals surface area (Å²) in [6.45, 7) is 0.106. The van der Waals surface area contributed by atoms with Crippen molar-refractivity contribution in [2.45, 2.75) is 11.3 Å². The molecule has 1 aromatic carbocycles. The van der Waals surface area contributed by atoms with Gasteiger partial charge in [-0.15, -0.1) is 10.2 Å². The van der Waals surface area contributed by atoms with E-state index in [1.807, 2.05) is 0 Å². The summed E-state index contributed by atoms with van der Waals surface area (Å²) in [6, 6.07) is 7.87. The standard InChI is InChI=1S/C17H18N4O5S/c1-24-14-4-3-13(11-15(14)25-2)27(22,23)19-10-7-16-20-21-17(26-16)12-5-8-18-9-6-12/h3-6,8-9,11,19H,7,10H2,1-2H3. The Labute approximate surface area is 156 Å². The molecule has 0 unspecified atom stereocenters. The molecule has 2 aromatic heterocycles. The maximum Gasteiger partial charge on any atom is 0.247 e. The fraction of sp³-hybridized carbons (Fsp3) is 0.235. The molecule has 9 nitrogen and oxygen atoms in total. The number of pyridine rings is 1. The Bertz CT molecular complexity index is 1010. The van der Waals surface area contributed by atoms with Crippen LogP contribution >= 0.6 is 0 Å². The van der Waals surface area contributed by atoms with Crippen LogP contribution in [0.2, 0.25) is 0 Å². The average molecular weight is 390 g/mol. The highest BCUT2D eigenvalue weighted by Gasteiger charge is 2.17. The van der Waals surface area contributed by atoms with Crippen molar-refractivity contribution in [3.63, 3.8) is 0 Å². The Morgan fingerprint density at radius 2 is 1.78 bits per heavy atom. The predicted molar refractivity (Wildman–Crippen MR) is 96.0 cm³/mol. The Morgan fingerprint density at radius 1 is 1.04 bits per heavy atom. The molecular weight excluding hydrogens is 372 g/mol. The van der Waals surface area contributed by atoms with E-state index in [-0.39, 0.29) is 17.9 Å². The second-order valence-corrected chi connectivity index (χ2v) is 7.17. The van der Waals surface area contributed by atoms with Crippen LogP contribution < -0.4 is 14.2 Å². The highest BCUT2D eigenvalue weighted by atomic mass is 32.2. The number of ether oxygens (including phenoxy) is 2.